The van der Waals surface area contributed by atoms with Crippen molar-refractivity contribution in [2.45, 2.75) is 12.8 Å². The van der Waals surface area contributed by atoms with Crippen molar-refractivity contribution < 1.29 is 9.84 Å². The second-order valence-electron chi connectivity index (χ2n) is 6.14. The molecule has 1 aromatic carbocycles. The molecule has 25 heavy (non-hydrogen) atoms. The van der Waals surface area contributed by atoms with Crippen molar-refractivity contribution >= 4 is 23.0 Å². The molecule has 2 N–H and O–H groups in total. The largest absolute Gasteiger partial charge is 0.395 e. The minimum absolute atomic E-state index is 0.0503. The van der Waals surface area contributed by atoms with Crippen LogP contribution in [0.5, 0.6) is 0 Å². The quantitative estimate of drug-likeness (QED) is 0.872. The van der Waals surface area contributed by atoms with Gasteiger partial charge in [0, 0.05) is 24.3 Å². The number of anilines is 3. The molecule has 3 heterocycles. The Morgan fingerprint density at radius 1 is 1.16 bits per heavy atom. The van der Waals surface area contributed by atoms with Gasteiger partial charge >= 0.3 is 0 Å². The molecule has 0 atom stereocenters. The van der Waals surface area contributed by atoms with Crippen LogP contribution in [-0.2, 0) is 11.2 Å². The van der Waals surface area contributed by atoms with Crippen molar-refractivity contribution in [1.29, 1.82) is 0 Å². The zero-order valence-electron chi connectivity index (χ0n) is 14.1. The highest BCUT2D eigenvalue weighted by molar-refractivity contribution is 5.76. The molecule has 4 rings (SSSR count). The molecule has 0 unspecified atom stereocenters. The number of hydrogen-bond donors (Lipinski definition) is 2. The lowest BCUT2D eigenvalue weighted by atomic mass is 10.0. The van der Waals surface area contributed by atoms with E-state index in [1.807, 2.05) is 18.2 Å². The fourth-order valence-electron chi connectivity index (χ4n) is 3.37. The summed E-state index contributed by atoms with van der Waals surface area (Å²) in [4.78, 5) is 11.7. The zero-order chi connectivity index (χ0) is 17.1. The van der Waals surface area contributed by atoms with E-state index in [2.05, 4.69) is 28.4 Å². The van der Waals surface area contributed by atoms with Crippen molar-refractivity contribution in [1.82, 2.24) is 9.97 Å². The molecule has 0 amide bonds. The first-order valence-electron chi connectivity index (χ1n) is 8.72. The van der Waals surface area contributed by atoms with Crippen molar-refractivity contribution in [2.24, 2.45) is 0 Å². The molecule has 6 heteroatoms. The molecule has 1 aromatic heterocycles. The maximum Gasteiger partial charge on any atom is 0.225 e. The molecule has 2 aliphatic heterocycles. The Bertz CT molecular complexity index is 776. The Balaban J connectivity index is 1.78. The van der Waals surface area contributed by atoms with Gasteiger partial charge < -0.3 is 20.1 Å². The summed E-state index contributed by atoms with van der Waals surface area (Å²) in [7, 11) is 0. The molecule has 2 aromatic rings. The first-order chi connectivity index (χ1) is 12.4. The Labute approximate surface area is 147 Å². The number of ether oxygens (including phenoxy) is 1. The van der Waals surface area contributed by atoms with Gasteiger partial charge in [-0.15, -0.1) is 0 Å². The van der Waals surface area contributed by atoms with E-state index < -0.39 is 0 Å². The smallest absolute Gasteiger partial charge is 0.225 e. The van der Waals surface area contributed by atoms with Crippen LogP contribution in [0.15, 0.2) is 36.4 Å². The standard InChI is InChI=1S/C19H22N4O2/c24-11-9-20-19-21-17(14-7-12-25-13-8-14)16-6-10-23(18(16)22-19)15-4-2-1-3-5-15/h1-5,7,24H,6,8-13H2,(H,20,21,22). The van der Waals surface area contributed by atoms with E-state index in [1.165, 1.54) is 11.1 Å². The van der Waals surface area contributed by atoms with Crippen molar-refractivity contribution in [3.63, 3.8) is 0 Å². The molecule has 0 fully saturated rings. The lowest BCUT2D eigenvalue weighted by molar-refractivity contribution is 0.161. The number of benzene rings is 1. The van der Waals surface area contributed by atoms with Crippen LogP contribution < -0.4 is 10.2 Å². The molecule has 130 valence electrons. The van der Waals surface area contributed by atoms with Crippen LogP contribution in [-0.4, -0.2) is 48.0 Å². The van der Waals surface area contributed by atoms with Gasteiger partial charge in [0.2, 0.25) is 5.95 Å². The van der Waals surface area contributed by atoms with Gasteiger partial charge in [0.1, 0.15) is 5.82 Å². The molecule has 6 nitrogen and oxygen atoms in total. The molecule has 0 saturated carbocycles. The summed E-state index contributed by atoms with van der Waals surface area (Å²) in [5.41, 5.74) is 4.59. The summed E-state index contributed by atoms with van der Waals surface area (Å²) < 4.78 is 5.45. The maximum absolute atomic E-state index is 9.11. The summed E-state index contributed by atoms with van der Waals surface area (Å²) in [6.07, 6.45) is 3.92. The van der Waals surface area contributed by atoms with Gasteiger partial charge in [-0.1, -0.05) is 24.3 Å². The number of nitrogens with one attached hydrogen (secondary N) is 1. The van der Waals surface area contributed by atoms with Crippen LogP contribution in [0.1, 0.15) is 17.7 Å². The van der Waals surface area contributed by atoms with E-state index in [0.717, 1.165) is 43.2 Å². The molecule has 2 aliphatic rings. The molecular weight excluding hydrogens is 316 g/mol. The number of rotatable bonds is 5. The minimum Gasteiger partial charge on any atom is -0.395 e. The number of hydrogen-bond acceptors (Lipinski definition) is 6. The minimum atomic E-state index is 0.0503. The summed E-state index contributed by atoms with van der Waals surface area (Å²) in [6.45, 7) is 2.75. The van der Waals surface area contributed by atoms with Crippen molar-refractivity contribution in [3.05, 3.63) is 47.7 Å². The third-order valence-corrected chi connectivity index (χ3v) is 4.56. The van der Waals surface area contributed by atoms with E-state index in [9.17, 15) is 0 Å². The van der Waals surface area contributed by atoms with E-state index in [-0.39, 0.29) is 6.61 Å². The summed E-state index contributed by atoms with van der Waals surface area (Å²) in [6, 6.07) is 10.3. The van der Waals surface area contributed by atoms with Gasteiger partial charge in [0.05, 0.1) is 25.5 Å². The number of aliphatic hydroxyl groups excluding tert-OH is 1. The monoisotopic (exact) mass is 338 g/mol. The fourth-order valence-corrected chi connectivity index (χ4v) is 3.37. The van der Waals surface area contributed by atoms with Crippen LogP contribution in [0.25, 0.3) is 5.57 Å². The molecule has 0 bridgehead atoms. The fraction of sp³-hybridized carbons (Fsp3) is 0.368. The average Bonchev–Trinajstić information content (AvgIpc) is 3.11. The van der Waals surface area contributed by atoms with E-state index in [0.29, 0.717) is 19.1 Å². The van der Waals surface area contributed by atoms with Crippen LogP contribution in [0.3, 0.4) is 0 Å². The molecule has 0 aliphatic carbocycles. The third-order valence-electron chi connectivity index (χ3n) is 4.56. The number of aliphatic hydroxyl groups is 1. The number of nitrogens with zero attached hydrogens (tertiary/aromatic N) is 3. The Kier molecular flexibility index (Phi) is 4.63. The van der Waals surface area contributed by atoms with Crippen molar-refractivity contribution in [2.75, 3.05) is 43.1 Å². The molecule has 0 spiro atoms. The average molecular weight is 338 g/mol. The van der Waals surface area contributed by atoms with Crippen LogP contribution in [0.4, 0.5) is 17.5 Å². The van der Waals surface area contributed by atoms with Crippen LogP contribution in [0.2, 0.25) is 0 Å². The number of para-hydroxylation sites is 1. The number of fused-ring (bicyclic) bond motifs is 1. The lowest BCUT2D eigenvalue weighted by Crippen LogP contribution is -2.16. The topological polar surface area (TPSA) is 70.5 Å². The van der Waals surface area contributed by atoms with Crippen LogP contribution in [0, 0.1) is 0 Å². The second-order valence-corrected chi connectivity index (χ2v) is 6.14. The van der Waals surface area contributed by atoms with Gasteiger partial charge in [0.25, 0.3) is 0 Å². The summed E-state index contributed by atoms with van der Waals surface area (Å²) in [5.74, 6) is 1.53. The highest BCUT2D eigenvalue weighted by atomic mass is 16.5. The second kappa shape index (κ2) is 7.21. The summed E-state index contributed by atoms with van der Waals surface area (Å²) in [5, 5.41) is 12.2. The predicted octanol–water partition coefficient (Wildman–Crippen LogP) is 2.38. The maximum atomic E-state index is 9.11. The lowest BCUT2D eigenvalue weighted by Gasteiger charge is -2.21. The van der Waals surface area contributed by atoms with Gasteiger partial charge in [-0.05, 0) is 30.5 Å². The molecule has 0 radical (unpaired) electrons. The van der Waals surface area contributed by atoms with Gasteiger partial charge in [-0.25, -0.2) is 4.98 Å². The Morgan fingerprint density at radius 2 is 2.04 bits per heavy atom. The first kappa shape index (κ1) is 16.1. The molecule has 0 saturated heterocycles. The highest BCUT2D eigenvalue weighted by Crippen LogP contribution is 2.38. The SMILES string of the molecule is OCCNc1nc(C2=CCOCC2)c2c(n1)N(c1ccccc1)CC2. The van der Waals surface area contributed by atoms with Crippen molar-refractivity contribution in [3.8, 4) is 0 Å². The number of aromatic nitrogens is 2. The molecular formula is C19H22N4O2. The van der Waals surface area contributed by atoms with Gasteiger partial charge in [0.15, 0.2) is 0 Å². The summed E-state index contributed by atoms with van der Waals surface area (Å²) >= 11 is 0. The third kappa shape index (κ3) is 3.23. The highest BCUT2D eigenvalue weighted by Gasteiger charge is 2.28. The Hall–Kier alpha value is -2.44. The van der Waals surface area contributed by atoms with E-state index in [1.54, 1.807) is 0 Å². The van der Waals surface area contributed by atoms with E-state index >= 15 is 0 Å². The van der Waals surface area contributed by atoms with Gasteiger partial charge in [-0.2, -0.15) is 4.98 Å². The zero-order valence-corrected chi connectivity index (χ0v) is 14.1. The van der Waals surface area contributed by atoms with Crippen LogP contribution >= 0.6 is 0 Å². The normalized spacial score (nSPS) is 16.5. The first-order valence-corrected chi connectivity index (χ1v) is 8.72. The Morgan fingerprint density at radius 3 is 2.80 bits per heavy atom. The van der Waals surface area contributed by atoms with E-state index in [4.69, 9.17) is 19.8 Å². The van der Waals surface area contributed by atoms with Gasteiger partial charge in [-0.3, -0.25) is 0 Å². The predicted molar refractivity (Wildman–Crippen MR) is 98.2 cm³/mol.